The second kappa shape index (κ2) is 8.81. The summed E-state index contributed by atoms with van der Waals surface area (Å²) in [5.74, 6) is 5.08. The summed E-state index contributed by atoms with van der Waals surface area (Å²) in [6, 6.07) is 19.3. The normalized spacial score (nSPS) is 17.9. The van der Waals surface area contributed by atoms with Gasteiger partial charge in [-0.3, -0.25) is 15.1 Å². The summed E-state index contributed by atoms with van der Waals surface area (Å²) in [6.07, 6.45) is 0.0487. The summed E-state index contributed by atoms with van der Waals surface area (Å²) in [4.78, 5) is 33.1. The number of fused-ring (bicyclic) bond motifs is 3. The molecule has 0 aliphatic carbocycles. The number of nitrogens with one attached hydrogen (secondary N) is 1. The molecule has 0 bridgehead atoms. The Morgan fingerprint density at radius 3 is 2.50 bits per heavy atom. The molecule has 4 aromatic rings. The number of aryl methyl sites for hydroxylation is 1. The molecule has 1 saturated heterocycles. The lowest BCUT2D eigenvalue weighted by atomic mass is 9.85. The average molecular weight is 496 g/mol. The zero-order valence-electron chi connectivity index (χ0n) is 20.5. The van der Waals surface area contributed by atoms with Crippen molar-refractivity contribution in [2.24, 2.45) is 0 Å². The minimum atomic E-state index is -1.07. The number of carbonyl (C=O) groups is 2. The Kier molecular flexibility index (Phi) is 5.77. The summed E-state index contributed by atoms with van der Waals surface area (Å²) < 4.78 is 2.25. The van der Waals surface area contributed by atoms with Crippen molar-refractivity contribution < 1.29 is 14.4 Å². The molecular formula is C29H25N3O3S. The van der Waals surface area contributed by atoms with Crippen LogP contribution in [0.1, 0.15) is 47.3 Å². The molecule has 1 N–H and O–H groups in total. The molecule has 1 aromatic heterocycles. The van der Waals surface area contributed by atoms with E-state index in [0.29, 0.717) is 5.56 Å². The lowest BCUT2D eigenvalue weighted by molar-refractivity contribution is -0.162. The van der Waals surface area contributed by atoms with E-state index in [1.807, 2.05) is 57.2 Å². The van der Waals surface area contributed by atoms with Crippen molar-refractivity contribution in [3.8, 4) is 11.8 Å². The molecule has 0 unspecified atom stereocenters. The van der Waals surface area contributed by atoms with Gasteiger partial charge in [0.25, 0.3) is 0 Å². The number of carbonyl (C=O) groups excluding carboxylic acids is 2. The largest absolute Gasteiger partial charge is 0.363 e. The van der Waals surface area contributed by atoms with E-state index in [2.05, 4.69) is 24.0 Å². The highest BCUT2D eigenvalue weighted by Gasteiger charge is 2.48. The first kappa shape index (κ1) is 23.6. The van der Waals surface area contributed by atoms with Crippen LogP contribution in [0.25, 0.3) is 20.2 Å². The molecule has 180 valence electrons. The molecule has 0 saturated carbocycles. The number of hydrogen-bond donors (Lipinski definition) is 1. The van der Waals surface area contributed by atoms with Crippen LogP contribution in [0.2, 0.25) is 0 Å². The van der Waals surface area contributed by atoms with Crippen molar-refractivity contribution in [1.82, 2.24) is 9.96 Å². The number of nitrogens with zero attached hydrogens (tertiary/aromatic N) is 2. The van der Waals surface area contributed by atoms with E-state index in [-0.39, 0.29) is 18.3 Å². The standard InChI is InChI=1S/C29H25N3O3S/c1-5-8-19-11-13-24-22(15-19)23-16-20(12-14-25(23)36-24)29(3)17-26(33)31(4)28(30)32(29)35-27(34)21-10-7-6-9-18(21)2/h6-7,9-16,30H,17H2,1-4H3/t29-/m0/s1. The smallest absolute Gasteiger partial charge is 0.332 e. The second-order valence-corrected chi connectivity index (χ2v) is 10.2. The van der Waals surface area contributed by atoms with Gasteiger partial charge < -0.3 is 4.84 Å². The van der Waals surface area contributed by atoms with Gasteiger partial charge in [-0.1, -0.05) is 30.2 Å². The molecule has 1 amide bonds. The lowest BCUT2D eigenvalue weighted by Crippen LogP contribution is -2.60. The first-order valence-corrected chi connectivity index (χ1v) is 12.4. The van der Waals surface area contributed by atoms with Crippen molar-refractivity contribution in [2.75, 3.05) is 7.05 Å². The summed E-state index contributed by atoms with van der Waals surface area (Å²) >= 11 is 1.69. The average Bonchev–Trinajstić information content (AvgIpc) is 3.23. The third kappa shape index (κ3) is 3.80. The van der Waals surface area contributed by atoms with Crippen LogP contribution in [-0.2, 0) is 15.2 Å². The van der Waals surface area contributed by atoms with E-state index < -0.39 is 11.5 Å². The zero-order chi connectivity index (χ0) is 25.6. The van der Waals surface area contributed by atoms with Gasteiger partial charge in [-0.05, 0) is 68.3 Å². The summed E-state index contributed by atoms with van der Waals surface area (Å²) in [6.45, 7) is 5.48. The fourth-order valence-corrected chi connectivity index (χ4v) is 5.67. The summed E-state index contributed by atoms with van der Waals surface area (Å²) in [5.41, 5.74) is 1.84. The third-order valence-electron chi connectivity index (χ3n) is 6.73. The highest BCUT2D eigenvalue weighted by Crippen LogP contribution is 2.41. The van der Waals surface area contributed by atoms with E-state index in [1.165, 1.54) is 17.0 Å². The van der Waals surface area contributed by atoms with E-state index >= 15 is 0 Å². The number of hydrogen-bond acceptors (Lipinski definition) is 5. The lowest BCUT2D eigenvalue weighted by Gasteiger charge is -2.46. The molecule has 1 atom stereocenters. The Morgan fingerprint density at radius 2 is 1.78 bits per heavy atom. The summed E-state index contributed by atoms with van der Waals surface area (Å²) in [7, 11) is 1.52. The van der Waals surface area contributed by atoms with Crippen LogP contribution >= 0.6 is 11.3 Å². The van der Waals surface area contributed by atoms with Crippen LogP contribution in [0.5, 0.6) is 0 Å². The van der Waals surface area contributed by atoms with Gasteiger partial charge in [-0.25, -0.2) is 4.79 Å². The van der Waals surface area contributed by atoms with Gasteiger partial charge >= 0.3 is 5.97 Å². The van der Waals surface area contributed by atoms with E-state index in [0.717, 1.165) is 36.9 Å². The maximum atomic E-state index is 13.2. The van der Waals surface area contributed by atoms with E-state index in [9.17, 15) is 9.59 Å². The quantitative estimate of drug-likeness (QED) is 0.364. The predicted molar refractivity (Wildman–Crippen MR) is 143 cm³/mol. The number of benzene rings is 3. The van der Waals surface area contributed by atoms with Crippen LogP contribution in [0.3, 0.4) is 0 Å². The second-order valence-electron chi connectivity index (χ2n) is 9.11. The zero-order valence-corrected chi connectivity index (χ0v) is 21.3. The van der Waals surface area contributed by atoms with Crippen molar-refractivity contribution in [2.45, 2.75) is 32.7 Å². The maximum absolute atomic E-state index is 13.2. The van der Waals surface area contributed by atoms with E-state index in [1.54, 1.807) is 23.5 Å². The fourth-order valence-electron chi connectivity index (χ4n) is 4.60. The van der Waals surface area contributed by atoms with E-state index in [4.69, 9.17) is 10.2 Å². The highest BCUT2D eigenvalue weighted by atomic mass is 32.1. The van der Waals surface area contributed by atoms with Crippen LogP contribution < -0.4 is 0 Å². The van der Waals surface area contributed by atoms with Gasteiger partial charge in [0, 0.05) is 32.8 Å². The predicted octanol–water partition coefficient (Wildman–Crippen LogP) is 5.82. The molecule has 36 heavy (non-hydrogen) atoms. The molecule has 7 heteroatoms. The Hall–Kier alpha value is -4.15. The molecular weight excluding hydrogens is 470 g/mol. The van der Waals surface area contributed by atoms with Crippen LogP contribution in [-0.4, -0.2) is 34.8 Å². The molecule has 3 aromatic carbocycles. The van der Waals surface area contributed by atoms with Crippen LogP contribution in [0.4, 0.5) is 0 Å². The number of hydroxylamine groups is 2. The molecule has 5 rings (SSSR count). The van der Waals surface area contributed by atoms with Crippen LogP contribution in [0, 0.1) is 24.2 Å². The number of amides is 1. The topological polar surface area (TPSA) is 73.7 Å². The van der Waals surface area contributed by atoms with Crippen molar-refractivity contribution in [3.05, 3.63) is 82.9 Å². The Morgan fingerprint density at radius 1 is 1.08 bits per heavy atom. The molecule has 0 spiro atoms. The van der Waals surface area contributed by atoms with Crippen molar-refractivity contribution >= 4 is 49.3 Å². The SMILES string of the molecule is CC#Cc1ccc2sc3ccc([C@]4(C)CC(=O)N(C)C(=N)N4OC(=O)c4ccccc4C)cc3c2c1. The minimum absolute atomic E-state index is 0.0487. The molecule has 1 aliphatic rings. The molecule has 0 radical (unpaired) electrons. The van der Waals surface area contributed by atoms with Crippen molar-refractivity contribution in [1.29, 1.82) is 5.41 Å². The highest BCUT2D eigenvalue weighted by molar-refractivity contribution is 7.25. The maximum Gasteiger partial charge on any atom is 0.363 e. The third-order valence-corrected chi connectivity index (χ3v) is 7.88. The minimum Gasteiger partial charge on any atom is -0.332 e. The van der Waals surface area contributed by atoms with Crippen molar-refractivity contribution in [3.63, 3.8) is 0 Å². The molecule has 2 heterocycles. The fraction of sp³-hybridized carbons (Fsp3) is 0.207. The monoisotopic (exact) mass is 495 g/mol. The van der Waals surface area contributed by atoms with Gasteiger partial charge in [0.15, 0.2) is 0 Å². The Labute approximate surface area is 213 Å². The molecule has 1 aliphatic heterocycles. The van der Waals surface area contributed by atoms with Gasteiger partial charge in [0.1, 0.15) is 5.54 Å². The number of rotatable bonds is 3. The molecule has 6 nitrogen and oxygen atoms in total. The van der Waals surface area contributed by atoms with Gasteiger partial charge in [-0.2, -0.15) is 5.06 Å². The van der Waals surface area contributed by atoms with Gasteiger partial charge in [-0.15, -0.1) is 17.3 Å². The van der Waals surface area contributed by atoms with Gasteiger partial charge in [0.05, 0.1) is 12.0 Å². The summed E-state index contributed by atoms with van der Waals surface area (Å²) in [5, 5.41) is 12.1. The first-order chi connectivity index (χ1) is 17.2. The van der Waals surface area contributed by atoms with Gasteiger partial charge in [0.2, 0.25) is 11.9 Å². The molecule has 1 fully saturated rings. The number of guanidine groups is 1. The van der Waals surface area contributed by atoms with Crippen LogP contribution in [0.15, 0.2) is 60.7 Å². The number of thiophene rings is 1. The Bertz CT molecular complexity index is 1630. The first-order valence-electron chi connectivity index (χ1n) is 11.6. The Balaban J connectivity index is 1.62.